The minimum absolute atomic E-state index is 0.148. The molecule has 188 valence electrons. The largest absolute Gasteiger partial charge is 0.493 e. The molecule has 1 amide bonds. The molecule has 4 aliphatic rings. The summed E-state index contributed by atoms with van der Waals surface area (Å²) in [5.74, 6) is 3.52. The van der Waals surface area contributed by atoms with Gasteiger partial charge in [-0.25, -0.2) is 0 Å². The first kappa shape index (κ1) is 24.5. The monoisotopic (exact) mass is 496 g/mol. The van der Waals surface area contributed by atoms with E-state index in [1.807, 2.05) is 43.3 Å². The molecule has 2 N–H and O–H groups in total. The van der Waals surface area contributed by atoms with Gasteiger partial charge in [-0.3, -0.25) is 4.79 Å². The number of nitrogens with one attached hydrogen (secondary N) is 2. The molecule has 4 saturated carbocycles. The molecule has 1 atom stereocenters. The van der Waals surface area contributed by atoms with E-state index in [1.165, 1.54) is 38.5 Å². The standard InChI is InChI=1S/C29H37ClN2O3/c1-18-4-6-24(7-5-18)32-27(33)17-35-28-25(30)11-23(12-26(28)34-3)16-31-19(2)29-13-20-8-21(14-29)10-22(9-20)15-29/h4-7,11-12,19-22,31H,8-10,13-17H2,1-3H3,(H,32,33). The molecule has 5 nitrogen and oxygen atoms in total. The number of halogens is 1. The molecule has 2 aromatic carbocycles. The molecular weight excluding hydrogens is 460 g/mol. The van der Waals surface area contributed by atoms with Gasteiger partial charge in [0.2, 0.25) is 0 Å². The van der Waals surface area contributed by atoms with Gasteiger partial charge in [0, 0.05) is 18.3 Å². The first-order valence-electron chi connectivity index (χ1n) is 12.9. The maximum absolute atomic E-state index is 12.4. The third-order valence-electron chi connectivity index (χ3n) is 8.59. The van der Waals surface area contributed by atoms with Gasteiger partial charge in [0.25, 0.3) is 5.91 Å². The number of anilines is 1. The fraction of sp³-hybridized carbons (Fsp3) is 0.552. The maximum atomic E-state index is 12.4. The van der Waals surface area contributed by atoms with E-state index in [9.17, 15) is 4.79 Å². The highest BCUT2D eigenvalue weighted by Gasteiger charge is 2.52. The van der Waals surface area contributed by atoms with E-state index in [2.05, 4.69) is 17.6 Å². The summed E-state index contributed by atoms with van der Waals surface area (Å²) in [5, 5.41) is 7.10. The number of hydrogen-bond donors (Lipinski definition) is 2. The van der Waals surface area contributed by atoms with Crippen LogP contribution < -0.4 is 20.1 Å². The number of rotatable bonds is 9. The minimum atomic E-state index is -0.248. The molecule has 35 heavy (non-hydrogen) atoms. The molecule has 4 fully saturated rings. The number of benzene rings is 2. The van der Waals surface area contributed by atoms with Crippen LogP contribution in [0.3, 0.4) is 0 Å². The predicted octanol–water partition coefficient (Wildman–Crippen LogP) is 6.37. The molecule has 6 heteroatoms. The summed E-state index contributed by atoms with van der Waals surface area (Å²) < 4.78 is 11.3. The number of amides is 1. The first-order valence-corrected chi connectivity index (χ1v) is 13.3. The molecule has 2 aromatic rings. The van der Waals surface area contributed by atoms with Gasteiger partial charge in [0.15, 0.2) is 18.1 Å². The smallest absolute Gasteiger partial charge is 0.262 e. The van der Waals surface area contributed by atoms with Gasteiger partial charge in [-0.1, -0.05) is 29.3 Å². The van der Waals surface area contributed by atoms with Crippen LogP contribution in [-0.2, 0) is 11.3 Å². The van der Waals surface area contributed by atoms with Crippen molar-refractivity contribution in [2.24, 2.45) is 23.2 Å². The van der Waals surface area contributed by atoms with Crippen LogP contribution in [0.4, 0.5) is 5.69 Å². The molecule has 6 rings (SSSR count). The molecule has 0 spiro atoms. The van der Waals surface area contributed by atoms with Crippen LogP contribution in [0.25, 0.3) is 0 Å². The highest BCUT2D eigenvalue weighted by molar-refractivity contribution is 6.32. The SMILES string of the molecule is COc1cc(CNC(C)C23CC4CC(CC(C4)C2)C3)cc(Cl)c1OCC(=O)Nc1ccc(C)cc1. The number of ether oxygens (including phenoxy) is 2. The normalized spacial score (nSPS) is 27.5. The molecule has 1 unspecified atom stereocenters. The topological polar surface area (TPSA) is 59.6 Å². The molecular formula is C29H37ClN2O3. The first-order chi connectivity index (χ1) is 16.8. The summed E-state index contributed by atoms with van der Waals surface area (Å²) in [6.07, 6.45) is 8.54. The van der Waals surface area contributed by atoms with Crippen molar-refractivity contribution < 1.29 is 14.3 Å². The number of carbonyl (C=O) groups is 1. The average molecular weight is 497 g/mol. The molecule has 4 aliphatic carbocycles. The minimum Gasteiger partial charge on any atom is -0.493 e. The second-order valence-corrected chi connectivity index (χ2v) is 11.6. The van der Waals surface area contributed by atoms with Crippen LogP contribution in [0.2, 0.25) is 5.02 Å². The van der Waals surface area contributed by atoms with Crippen molar-refractivity contribution in [3.8, 4) is 11.5 Å². The highest BCUT2D eigenvalue weighted by Crippen LogP contribution is 2.61. The summed E-state index contributed by atoms with van der Waals surface area (Å²) >= 11 is 6.58. The Labute approximate surface area is 213 Å². The summed E-state index contributed by atoms with van der Waals surface area (Å²) in [5.41, 5.74) is 3.38. The third-order valence-corrected chi connectivity index (χ3v) is 8.87. The molecule has 0 aliphatic heterocycles. The van der Waals surface area contributed by atoms with Gasteiger partial charge in [-0.2, -0.15) is 0 Å². The Hall–Kier alpha value is -2.24. The number of methoxy groups -OCH3 is 1. The van der Waals surface area contributed by atoms with Crippen molar-refractivity contribution in [1.29, 1.82) is 0 Å². The highest BCUT2D eigenvalue weighted by atomic mass is 35.5. The van der Waals surface area contributed by atoms with Gasteiger partial charge >= 0.3 is 0 Å². The lowest BCUT2D eigenvalue weighted by Gasteiger charge is -2.59. The Morgan fingerprint density at radius 2 is 1.71 bits per heavy atom. The second-order valence-electron chi connectivity index (χ2n) is 11.2. The van der Waals surface area contributed by atoms with Crippen LogP contribution in [0.15, 0.2) is 36.4 Å². The van der Waals surface area contributed by atoms with E-state index in [0.717, 1.165) is 41.1 Å². The third kappa shape index (κ3) is 5.31. The van der Waals surface area contributed by atoms with Gasteiger partial charge in [-0.15, -0.1) is 0 Å². The molecule has 0 radical (unpaired) electrons. The summed E-state index contributed by atoms with van der Waals surface area (Å²) in [4.78, 5) is 12.4. The Morgan fingerprint density at radius 3 is 2.31 bits per heavy atom. The van der Waals surface area contributed by atoms with E-state index in [0.29, 0.717) is 28.0 Å². The van der Waals surface area contributed by atoms with Crippen molar-refractivity contribution in [2.75, 3.05) is 19.0 Å². The molecule has 0 saturated heterocycles. The van der Waals surface area contributed by atoms with Crippen molar-refractivity contribution in [3.63, 3.8) is 0 Å². The van der Waals surface area contributed by atoms with Gasteiger partial charge in [0.1, 0.15) is 0 Å². The van der Waals surface area contributed by atoms with Crippen molar-refractivity contribution in [3.05, 3.63) is 52.5 Å². The Balaban J connectivity index is 1.19. The van der Waals surface area contributed by atoms with Crippen molar-refractivity contribution >= 4 is 23.2 Å². The van der Waals surface area contributed by atoms with Crippen molar-refractivity contribution in [1.82, 2.24) is 5.32 Å². The Kier molecular flexibility index (Phi) is 7.00. The quantitative estimate of drug-likeness (QED) is 0.423. The molecule has 4 bridgehead atoms. The molecule has 0 aromatic heterocycles. The number of hydrogen-bond acceptors (Lipinski definition) is 4. The fourth-order valence-electron chi connectivity index (χ4n) is 7.18. The zero-order valence-corrected chi connectivity index (χ0v) is 21.8. The van der Waals surface area contributed by atoms with Gasteiger partial charge in [-0.05, 0) is 105 Å². The van der Waals surface area contributed by atoms with Crippen LogP contribution in [-0.4, -0.2) is 25.7 Å². The van der Waals surface area contributed by atoms with E-state index in [-0.39, 0.29) is 12.5 Å². The van der Waals surface area contributed by atoms with Crippen LogP contribution in [0.1, 0.15) is 56.6 Å². The van der Waals surface area contributed by atoms with E-state index < -0.39 is 0 Å². The number of carbonyl (C=O) groups excluding carboxylic acids is 1. The van der Waals surface area contributed by atoms with Gasteiger partial charge < -0.3 is 20.1 Å². The summed E-state index contributed by atoms with van der Waals surface area (Å²) in [6, 6.07) is 12.0. The Bertz CT molecular complexity index is 1030. The fourth-order valence-corrected chi connectivity index (χ4v) is 7.47. The lowest BCUT2D eigenvalue weighted by molar-refractivity contribution is -0.118. The second kappa shape index (κ2) is 10.0. The van der Waals surface area contributed by atoms with Crippen LogP contribution in [0, 0.1) is 30.1 Å². The van der Waals surface area contributed by atoms with Crippen molar-refractivity contribution in [2.45, 2.75) is 65.0 Å². The van der Waals surface area contributed by atoms with Crippen LogP contribution >= 0.6 is 11.6 Å². The van der Waals surface area contributed by atoms with E-state index in [1.54, 1.807) is 7.11 Å². The molecule has 0 heterocycles. The van der Waals surface area contributed by atoms with Gasteiger partial charge in [0.05, 0.1) is 12.1 Å². The summed E-state index contributed by atoms with van der Waals surface area (Å²) in [7, 11) is 1.60. The van der Waals surface area contributed by atoms with Crippen LogP contribution in [0.5, 0.6) is 11.5 Å². The lowest BCUT2D eigenvalue weighted by atomic mass is 9.48. The zero-order valence-electron chi connectivity index (χ0n) is 21.0. The van der Waals surface area contributed by atoms with E-state index >= 15 is 0 Å². The zero-order chi connectivity index (χ0) is 24.6. The predicted molar refractivity (Wildman–Crippen MR) is 140 cm³/mol. The number of aryl methyl sites for hydroxylation is 1. The maximum Gasteiger partial charge on any atom is 0.262 e. The van der Waals surface area contributed by atoms with E-state index in [4.69, 9.17) is 21.1 Å². The Morgan fingerprint density at radius 1 is 1.09 bits per heavy atom. The lowest BCUT2D eigenvalue weighted by Crippen LogP contribution is -2.54. The summed E-state index contributed by atoms with van der Waals surface area (Å²) in [6.45, 7) is 4.96. The average Bonchev–Trinajstić information content (AvgIpc) is 2.82.